The van der Waals surface area contributed by atoms with Crippen LogP contribution in [-0.4, -0.2) is 62.4 Å². The maximum absolute atomic E-state index is 11.7. The molecule has 24 nitrogen and oxygen atoms in total. The number of nitro groups is 6. The van der Waals surface area contributed by atoms with Crippen LogP contribution in [-0.2, 0) is 0 Å². The van der Waals surface area contributed by atoms with Gasteiger partial charge in [0.15, 0.2) is 0 Å². The number of halogens is 5. The second-order valence-corrected chi connectivity index (χ2v) is 21.8. The number of carbonyl (C=O) groups excluding carboxylic acids is 5. The fourth-order valence-electron chi connectivity index (χ4n) is 9.21. The van der Waals surface area contributed by atoms with Gasteiger partial charge < -0.3 is 4.74 Å². The molecule has 9 aromatic rings. The molecule has 0 aliphatic rings. The predicted octanol–water partition coefficient (Wildman–Crippen LogP) is 18.9. The van der Waals surface area contributed by atoms with Gasteiger partial charge in [0.05, 0.1) is 47.3 Å². The van der Waals surface area contributed by atoms with E-state index in [0.29, 0.717) is 62.4 Å². The van der Waals surface area contributed by atoms with Gasteiger partial charge in [-0.05, 0) is 203 Å². The second kappa shape index (κ2) is 35.3. The van der Waals surface area contributed by atoms with Crippen molar-refractivity contribution in [2.75, 3.05) is 6.61 Å². The topological polar surface area (TPSA) is 353 Å². The van der Waals surface area contributed by atoms with Crippen LogP contribution in [0.15, 0.2) is 182 Å². The number of rotatable bonds is 19. The monoisotopic (exact) mass is 1400 g/mol. The van der Waals surface area contributed by atoms with Gasteiger partial charge in [-0.25, -0.2) is 0 Å². The molecule has 492 valence electrons. The molecule has 0 amide bonds. The van der Waals surface area contributed by atoms with E-state index in [1.807, 2.05) is 38.1 Å². The summed E-state index contributed by atoms with van der Waals surface area (Å²) in [5.74, 6) is 0.637. The van der Waals surface area contributed by atoms with E-state index >= 15 is 0 Å². The SMILES string of the molecule is CCCCOc1ccc(C(=O)Cl)c(-c2ccc([N+](=O)[O-])cc2C)c1.Cc1c(C(=O)Cl)ccc([N+](=O)[O-])c1-c1ccc([N+](=O)[O-])cc1.Cc1ccccc1-c1c(C(=O)Cl)cccc1[N+](=O)[O-].Cc1ccccc1C(=O)Cl.O=C(Cl)c1ccc([N+](=O)[O-])cc1-c1cccc([N+](=O)[O-])c1. The summed E-state index contributed by atoms with van der Waals surface area (Å²) in [5, 5.41) is 62.3. The maximum Gasteiger partial charge on any atom is 0.277 e. The third-order valence-electron chi connectivity index (χ3n) is 13.9. The highest BCUT2D eigenvalue weighted by molar-refractivity contribution is 6.69. The number of non-ortho nitro benzene ring substituents is 4. The first-order valence-electron chi connectivity index (χ1n) is 27.9. The van der Waals surface area contributed by atoms with Gasteiger partial charge in [-0.3, -0.25) is 84.7 Å². The van der Waals surface area contributed by atoms with Crippen LogP contribution >= 0.6 is 58.0 Å². The summed E-state index contributed by atoms with van der Waals surface area (Å²) in [6.45, 7) is 9.65. The summed E-state index contributed by atoms with van der Waals surface area (Å²) >= 11 is 27.4. The number of benzene rings is 9. The normalized spacial score (nSPS) is 10.2. The highest BCUT2D eigenvalue weighted by Crippen LogP contribution is 2.39. The zero-order valence-electron chi connectivity index (χ0n) is 50.9. The summed E-state index contributed by atoms with van der Waals surface area (Å²) in [6, 6.07) is 45.0. The molecule has 0 N–H and O–H groups in total. The average Bonchev–Trinajstić information content (AvgIpc) is 0.825. The fraction of sp³-hybridized carbons (Fsp3) is 0.119. The molecule has 0 aliphatic carbocycles. The lowest BCUT2D eigenvalue weighted by Crippen LogP contribution is -2.01. The van der Waals surface area contributed by atoms with E-state index in [-0.39, 0.29) is 67.5 Å². The molecule has 0 bridgehead atoms. The number of unbranched alkanes of at least 4 members (excludes halogenated alkanes) is 1. The van der Waals surface area contributed by atoms with Gasteiger partial charge >= 0.3 is 0 Å². The maximum atomic E-state index is 11.7. The van der Waals surface area contributed by atoms with Gasteiger partial charge in [-0.15, -0.1) is 0 Å². The molecule has 0 saturated carbocycles. The Morgan fingerprint density at radius 1 is 0.354 bits per heavy atom. The van der Waals surface area contributed by atoms with Crippen molar-refractivity contribution in [2.24, 2.45) is 0 Å². The van der Waals surface area contributed by atoms with E-state index in [2.05, 4.69) is 6.92 Å². The molecule has 9 rings (SSSR count). The van der Waals surface area contributed by atoms with Crippen molar-refractivity contribution >= 4 is 118 Å². The van der Waals surface area contributed by atoms with Crippen molar-refractivity contribution in [1.82, 2.24) is 0 Å². The smallest absolute Gasteiger partial charge is 0.277 e. The molecule has 0 unspecified atom stereocenters. The quantitative estimate of drug-likeness (QED) is 0.0314. The Labute approximate surface area is 570 Å². The van der Waals surface area contributed by atoms with Crippen LogP contribution in [0.4, 0.5) is 34.1 Å². The molecule has 0 spiro atoms. The third kappa shape index (κ3) is 20.2. The number of nitrogens with zero attached hydrogens (tertiary/aromatic N) is 6. The Hall–Kier alpha value is -11.0. The minimum Gasteiger partial charge on any atom is -0.494 e. The fourth-order valence-corrected chi connectivity index (χ4v) is 10.1. The summed E-state index contributed by atoms with van der Waals surface area (Å²) in [4.78, 5) is 119. The van der Waals surface area contributed by atoms with E-state index < -0.39 is 55.8 Å². The Kier molecular flexibility index (Phi) is 27.8. The molecular weight excluding hydrogens is 1350 g/mol. The van der Waals surface area contributed by atoms with Crippen molar-refractivity contribution < 1.29 is 58.2 Å². The zero-order valence-corrected chi connectivity index (χ0v) is 54.6. The van der Waals surface area contributed by atoms with Crippen LogP contribution in [0.5, 0.6) is 5.75 Å². The van der Waals surface area contributed by atoms with Crippen LogP contribution in [0.2, 0.25) is 0 Å². The number of hydrogen-bond acceptors (Lipinski definition) is 18. The van der Waals surface area contributed by atoms with Crippen LogP contribution in [0, 0.1) is 88.4 Å². The van der Waals surface area contributed by atoms with E-state index in [9.17, 15) is 84.7 Å². The highest BCUT2D eigenvalue weighted by Gasteiger charge is 2.25. The zero-order chi connectivity index (χ0) is 71.2. The van der Waals surface area contributed by atoms with Crippen LogP contribution < -0.4 is 4.74 Å². The molecular formula is C67H51Cl5N6O18. The molecule has 0 fully saturated rings. The summed E-state index contributed by atoms with van der Waals surface area (Å²) in [6.07, 6.45) is 1.95. The minimum absolute atomic E-state index is 0.00495. The molecule has 96 heavy (non-hydrogen) atoms. The number of nitro benzene ring substituents is 6. The van der Waals surface area contributed by atoms with Crippen molar-refractivity contribution in [1.29, 1.82) is 0 Å². The van der Waals surface area contributed by atoms with Gasteiger partial charge in [0, 0.05) is 94.0 Å². The lowest BCUT2D eigenvalue weighted by atomic mass is 9.95. The molecule has 29 heteroatoms. The Balaban J connectivity index is 0.000000221. The van der Waals surface area contributed by atoms with Crippen molar-refractivity contribution in [3.8, 4) is 50.3 Å². The number of hydrogen-bond donors (Lipinski definition) is 0. The number of aryl methyl sites for hydroxylation is 3. The minimum atomic E-state index is -0.800. The lowest BCUT2D eigenvalue weighted by Gasteiger charge is -2.13. The van der Waals surface area contributed by atoms with E-state index in [1.165, 1.54) is 97.1 Å². The Morgan fingerprint density at radius 3 is 1.34 bits per heavy atom. The van der Waals surface area contributed by atoms with Crippen molar-refractivity contribution in [3.05, 3.63) is 293 Å². The molecule has 0 aliphatic heterocycles. The van der Waals surface area contributed by atoms with E-state index in [1.54, 1.807) is 62.4 Å². The predicted molar refractivity (Wildman–Crippen MR) is 364 cm³/mol. The summed E-state index contributed by atoms with van der Waals surface area (Å²) < 4.78 is 5.68. The summed E-state index contributed by atoms with van der Waals surface area (Å²) in [5.41, 5.74) is 6.51. The summed E-state index contributed by atoms with van der Waals surface area (Å²) in [7, 11) is 0. The first-order chi connectivity index (χ1) is 45.4. The molecule has 0 atom stereocenters. The van der Waals surface area contributed by atoms with Crippen LogP contribution in [0.1, 0.15) is 93.8 Å². The molecule has 0 heterocycles. The van der Waals surface area contributed by atoms with Gasteiger partial charge in [-0.1, -0.05) is 74.0 Å². The molecule has 0 radical (unpaired) electrons. The number of carbonyl (C=O) groups is 5. The molecule has 9 aromatic carbocycles. The van der Waals surface area contributed by atoms with Gasteiger partial charge in [-0.2, -0.15) is 0 Å². The van der Waals surface area contributed by atoms with Crippen molar-refractivity contribution in [3.63, 3.8) is 0 Å². The Bertz CT molecular complexity index is 4500. The Morgan fingerprint density at radius 2 is 0.823 bits per heavy atom. The van der Waals surface area contributed by atoms with Gasteiger partial charge in [0.25, 0.3) is 60.3 Å². The van der Waals surface area contributed by atoms with Crippen molar-refractivity contribution in [2.45, 2.75) is 47.5 Å². The average molecular weight is 1410 g/mol. The first kappa shape index (κ1) is 75.7. The molecule has 0 aromatic heterocycles. The van der Waals surface area contributed by atoms with Crippen LogP contribution in [0.3, 0.4) is 0 Å². The third-order valence-corrected chi connectivity index (χ3v) is 14.9. The lowest BCUT2D eigenvalue weighted by molar-refractivity contribution is -0.385. The molecule has 0 saturated heterocycles. The van der Waals surface area contributed by atoms with Gasteiger partial charge in [0.1, 0.15) is 5.75 Å². The van der Waals surface area contributed by atoms with E-state index in [4.69, 9.17) is 62.7 Å². The van der Waals surface area contributed by atoms with Crippen LogP contribution in [0.25, 0.3) is 44.5 Å². The number of ether oxygens (including phenoxy) is 1. The van der Waals surface area contributed by atoms with E-state index in [0.717, 1.165) is 36.1 Å². The first-order valence-corrected chi connectivity index (χ1v) is 29.8. The van der Waals surface area contributed by atoms with Gasteiger partial charge in [0.2, 0.25) is 0 Å². The standard InChI is InChI=1S/C18H18ClNO4.C14H9ClN2O5.C14H10ClNO3.C13H7ClN2O5.C8H7ClO/c1-3-4-9-24-14-6-8-16(18(19)21)17(11-14)15-7-5-13(20(22)23)10-12(15)2;1-8-11(14(15)18)6-7-12(17(21)22)13(8)9-2-4-10(5-3-9)16(19)20;1-9-5-2-3-6-10(9)13-11(14(15)17)7-4-8-12(13)16(18)19;14-13(17)11-5-4-10(16(20)21)7-12(11)8-2-1-3-9(6-8)15(18)19;1-6-4-2-3-5-7(6)8(9)10/h5-8,10-11H,3-4,9H2,1-2H3;2-7H,1H3;2-8H,1H3;1-7H;2-5H,1H3. The largest absolute Gasteiger partial charge is 0.494 e. The highest BCUT2D eigenvalue weighted by atomic mass is 35.5. The second-order valence-electron chi connectivity index (χ2n) is 20.1.